The van der Waals surface area contributed by atoms with Crippen molar-refractivity contribution in [3.8, 4) is 11.5 Å². The molecule has 5 nitrogen and oxygen atoms in total. The second-order valence-electron chi connectivity index (χ2n) is 7.00. The van der Waals surface area contributed by atoms with Crippen LogP contribution in [-0.2, 0) is 13.2 Å². The van der Waals surface area contributed by atoms with Gasteiger partial charge in [0.15, 0.2) is 11.5 Å². The Morgan fingerprint density at radius 2 is 1.66 bits per heavy atom. The van der Waals surface area contributed by atoms with Gasteiger partial charge in [-0.2, -0.15) is 0 Å². The normalized spacial score (nSPS) is 10.7. The number of carboxylic acid groups (broad SMARTS) is 1. The van der Waals surface area contributed by atoms with Crippen molar-refractivity contribution in [1.29, 1.82) is 0 Å². The standard InChI is InChI=1S/C24H22Cl3NO4/c1-3-31-22-10-16(12-28-21-8-7-15(24(29)30)9-14(21)2)20(27)11-23(22)32-13-17-18(25)5-4-6-19(17)26/h4-11,28H,3,12-13H2,1-2H3,(H,29,30). The number of benzene rings is 3. The second-order valence-corrected chi connectivity index (χ2v) is 8.22. The first kappa shape index (κ1) is 24.1. The van der Waals surface area contributed by atoms with Crippen molar-refractivity contribution in [3.05, 3.63) is 85.9 Å². The number of aryl methyl sites for hydroxylation is 1. The third kappa shape index (κ3) is 5.80. The molecule has 0 spiro atoms. The highest BCUT2D eigenvalue weighted by Crippen LogP contribution is 2.36. The number of rotatable bonds is 9. The van der Waals surface area contributed by atoms with Crippen LogP contribution in [0, 0.1) is 6.92 Å². The molecule has 0 bridgehead atoms. The van der Waals surface area contributed by atoms with Gasteiger partial charge in [0.25, 0.3) is 0 Å². The summed E-state index contributed by atoms with van der Waals surface area (Å²) < 4.78 is 11.7. The van der Waals surface area contributed by atoms with E-state index in [2.05, 4.69) is 5.32 Å². The monoisotopic (exact) mass is 493 g/mol. The molecule has 0 saturated carbocycles. The Hall–Kier alpha value is -2.60. The Kier molecular flexibility index (Phi) is 8.13. The number of hydrogen-bond donors (Lipinski definition) is 2. The quantitative estimate of drug-likeness (QED) is 0.328. The van der Waals surface area contributed by atoms with Gasteiger partial charge < -0.3 is 19.9 Å². The number of ether oxygens (including phenoxy) is 2. The summed E-state index contributed by atoms with van der Waals surface area (Å²) >= 11 is 19.0. The third-order valence-corrected chi connectivity index (χ3v) is 5.85. The summed E-state index contributed by atoms with van der Waals surface area (Å²) in [6, 6.07) is 13.7. The van der Waals surface area contributed by atoms with Gasteiger partial charge in [-0.05, 0) is 61.4 Å². The number of anilines is 1. The molecular formula is C24H22Cl3NO4. The van der Waals surface area contributed by atoms with Crippen LogP contribution in [0.1, 0.15) is 34.0 Å². The first-order chi connectivity index (χ1) is 15.3. The summed E-state index contributed by atoms with van der Waals surface area (Å²) in [5.41, 5.74) is 3.37. The Bertz CT molecular complexity index is 1110. The fourth-order valence-corrected chi connectivity index (χ4v) is 3.83. The van der Waals surface area contributed by atoms with E-state index in [0.29, 0.717) is 45.3 Å². The zero-order chi connectivity index (χ0) is 23.3. The van der Waals surface area contributed by atoms with Crippen LogP contribution in [0.5, 0.6) is 11.5 Å². The molecule has 0 unspecified atom stereocenters. The maximum absolute atomic E-state index is 11.1. The summed E-state index contributed by atoms with van der Waals surface area (Å²) in [7, 11) is 0. The Morgan fingerprint density at radius 1 is 0.969 bits per heavy atom. The van der Waals surface area contributed by atoms with Crippen molar-refractivity contribution in [2.45, 2.75) is 27.0 Å². The molecule has 0 aliphatic carbocycles. The van der Waals surface area contributed by atoms with E-state index in [0.717, 1.165) is 16.8 Å². The van der Waals surface area contributed by atoms with Gasteiger partial charge in [0.1, 0.15) is 6.61 Å². The first-order valence-corrected chi connectivity index (χ1v) is 11.0. The summed E-state index contributed by atoms with van der Waals surface area (Å²) in [5, 5.41) is 14.0. The minimum atomic E-state index is -0.960. The highest BCUT2D eigenvalue weighted by molar-refractivity contribution is 6.36. The number of carboxylic acids is 1. The van der Waals surface area contributed by atoms with E-state index in [4.69, 9.17) is 49.4 Å². The zero-order valence-corrected chi connectivity index (χ0v) is 19.8. The lowest BCUT2D eigenvalue weighted by atomic mass is 10.1. The van der Waals surface area contributed by atoms with E-state index in [1.54, 1.807) is 42.5 Å². The minimum absolute atomic E-state index is 0.168. The lowest BCUT2D eigenvalue weighted by Crippen LogP contribution is -2.06. The summed E-state index contributed by atoms with van der Waals surface area (Å²) in [6.07, 6.45) is 0. The average molecular weight is 495 g/mol. The summed E-state index contributed by atoms with van der Waals surface area (Å²) in [4.78, 5) is 11.1. The number of aromatic carboxylic acids is 1. The smallest absolute Gasteiger partial charge is 0.335 e. The van der Waals surface area contributed by atoms with E-state index >= 15 is 0 Å². The average Bonchev–Trinajstić information content (AvgIpc) is 2.74. The summed E-state index contributed by atoms with van der Waals surface area (Å²) in [5.74, 6) is 0.0751. The van der Waals surface area contributed by atoms with Crippen LogP contribution in [0.2, 0.25) is 15.1 Å². The fraction of sp³-hybridized carbons (Fsp3) is 0.208. The van der Waals surface area contributed by atoms with Crippen LogP contribution in [0.15, 0.2) is 48.5 Å². The molecule has 0 atom stereocenters. The van der Waals surface area contributed by atoms with E-state index < -0.39 is 5.97 Å². The molecule has 0 aliphatic rings. The van der Waals surface area contributed by atoms with Gasteiger partial charge in [-0.3, -0.25) is 0 Å². The zero-order valence-electron chi connectivity index (χ0n) is 17.5. The molecule has 0 heterocycles. The lowest BCUT2D eigenvalue weighted by Gasteiger charge is -2.17. The molecule has 8 heteroatoms. The van der Waals surface area contributed by atoms with Crippen molar-refractivity contribution >= 4 is 46.5 Å². The topological polar surface area (TPSA) is 67.8 Å². The van der Waals surface area contributed by atoms with Crippen molar-refractivity contribution in [1.82, 2.24) is 0 Å². The van der Waals surface area contributed by atoms with Crippen molar-refractivity contribution < 1.29 is 19.4 Å². The van der Waals surface area contributed by atoms with Gasteiger partial charge in [0.2, 0.25) is 0 Å². The van der Waals surface area contributed by atoms with Gasteiger partial charge in [0.05, 0.1) is 12.2 Å². The van der Waals surface area contributed by atoms with Crippen LogP contribution in [0.4, 0.5) is 5.69 Å². The van der Waals surface area contributed by atoms with Gasteiger partial charge in [-0.15, -0.1) is 0 Å². The molecule has 0 radical (unpaired) electrons. The predicted octanol–water partition coefficient (Wildman–Crippen LogP) is 7.24. The van der Waals surface area contributed by atoms with Gasteiger partial charge in [-0.25, -0.2) is 4.79 Å². The Balaban J connectivity index is 1.78. The van der Waals surface area contributed by atoms with Crippen LogP contribution >= 0.6 is 34.8 Å². The fourth-order valence-electron chi connectivity index (χ4n) is 3.10. The largest absolute Gasteiger partial charge is 0.490 e. The highest BCUT2D eigenvalue weighted by Gasteiger charge is 2.14. The molecular weight excluding hydrogens is 473 g/mol. The maximum Gasteiger partial charge on any atom is 0.335 e. The van der Waals surface area contributed by atoms with E-state index in [1.807, 2.05) is 19.9 Å². The van der Waals surface area contributed by atoms with Gasteiger partial charge in [0, 0.05) is 38.9 Å². The molecule has 2 N–H and O–H groups in total. The van der Waals surface area contributed by atoms with Crippen LogP contribution in [-0.4, -0.2) is 17.7 Å². The van der Waals surface area contributed by atoms with E-state index in [1.165, 1.54) is 0 Å². The maximum atomic E-state index is 11.1. The lowest BCUT2D eigenvalue weighted by molar-refractivity contribution is 0.0697. The molecule has 32 heavy (non-hydrogen) atoms. The van der Waals surface area contributed by atoms with Crippen LogP contribution < -0.4 is 14.8 Å². The molecule has 0 aliphatic heterocycles. The van der Waals surface area contributed by atoms with Crippen LogP contribution in [0.25, 0.3) is 0 Å². The number of carbonyl (C=O) groups is 1. The molecule has 0 aromatic heterocycles. The third-order valence-electron chi connectivity index (χ3n) is 4.79. The molecule has 3 aromatic rings. The number of hydrogen-bond acceptors (Lipinski definition) is 4. The van der Waals surface area contributed by atoms with Crippen molar-refractivity contribution in [2.24, 2.45) is 0 Å². The van der Waals surface area contributed by atoms with Gasteiger partial charge >= 0.3 is 5.97 Å². The molecule has 3 aromatic carbocycles. The van der Waals surface area contributed by atoms with E-state index in [-0.39, 0.29) is 12.2 Å². The molecule has 3 rings (SSSR count). The highest BCUT2D eigenvalue weighted by atomic mass is 35.5. The SMILES string of the molecule is CCOc1cc(CNc2ccc(C(=O)O)cc2C)c(Cl)cc1OCc1c(Cl)cccc1Cl. The summed E-state index contributed by atoms with van der Waals surface area (Å²) in [6.45, 7) is 4.77. The molecule has 0 fully saturated rings. The Morgan fingerprint density at radius 3 is 2.28 bits per heavy atom. The van der Waals surface area contributed by atoms with E-state index in [9.17, 15) is 4.79 Å². The number of halogens is 3. The molecule has 0 saturated heterocycles. The molecule has 168 valence electrons. The van der Waals surface area contributed by atoms with Crippen LogP contribution in [0.3, 0.4) is 0 Å². The Labute approximate surface area is 201 Å². The van der Waals surface area contributed by atoms with Crippen molar-refractivity contribution in [3.63, 3.8) is 0 Å². The predicted molar refractivity (Wildman–Crippen MR) is 129 cm³/mol. The van der Waals surface area contributed by atoms with Gasteiger partial charge in [-0.1, -0.05) is 40.9 Å². The second kappa shape index (κ2) is 10.8. The number of nitrogens with one attached hydrogen (secondary N) is 1. The van der Waals surface area contributed by atoms with Crippen molar-refractivity contribution in [2.75, 3.05) is 11.9 Å². The minimum Gasteiger partial charge on any atom is -0.490 e. The molecule has 0 amide bonds. The first-order valence-electron chi connectivity index (χ1n) is 9.88.